The van der Waals surface area contributed by atoms with E-state index < -0.39 is 0 Å². The highest BCUT2D eigenvalue weighted by atomic mass is 32.2. The van der Waals surface area contributed by atoms with Gasteiger partial charge in [-0.05, 0) is 17.7 Å². The van der Waals surface area contributed by atoms with Crippen LogP contribution >= 0.6 is 34.9 Å². The number of nitrogen functional groups attached to an aromatic ring is 1. The average Bonchev–Trinajstić information content (AvgIpc) is 3.11. The van der Waals surface area contributed by atoms with Crippen LogP contribution in [-0.4, -0.2) is 27.6 Å². The van der Waals surface area contributed by atoms with Crippen LogP contribution in [0.25, 0.3) is 0 Å². The number of anilines is 2. The van der Waals surface area contributed by atoms with Crippen LogP contribution in [0.4, 0.5) is 10.8 Å². The first-order valence-electron chi connectivity index (χ1n) is 8.03. The minimum atomic E-state index is 0.0173. The maximum atomic E-state index is 13.1. The van der Waals surface area contributed by atoms with Gasteiger partial charge in [-0.2, -0.15) is 0 Å². The summed E-state index contributed by atoms with van der Waals surface area (Å²) in [5.74, 6) is 1.20. The average molecular weight is 401 g/mol. The molecule has 0 aliphatic carbocycles. The summed E-state index contributed by atoms with van der Waals surface area (Å²) < 4.78 is 0.715. The third-order valence-electron chi connectivity index (χ3n) is 4.03. The predicted molar refractivity (Wildman–Crippen MR) is 109 cm³/mol. The van der Waals surface area contributed by atoms with Gasteiger partial charge in [0.25, 0.3) is 0 Å². The highest BCUT2D eigenvalue weighted by Gasteiger charge is 2.32. The maximum absolute atomic E-state index is 13.1. The van der Waals surface area contributed by atoms with Crippen molar-refractivity contribution in [2.75, 3.05) is 22.1 Å². The number of hydrogen-bond acceptors (Lipinski definition) is 7. The van der Waals surface area contributed by atoms with Crippen LogP contribution in [0.2, 0.25) is 0 Å². The zero-order chi connectivity index (χ0) is 17.9. The van der Waals surface area contributed by atoms with E-state index in [1.165, 1.54) is 23.1 Å². The molecular weight excluding hydrogens is 384 g/mol. The van der Waals surface area contributed by atoms with Gasteiger partial charge in [0.15, 0.2) is 4.34 Å². The van der Waals surface area contributed by atoms with Crippen molar-refractivity contribution in [1.29, 1.82) is 0 Å². The van der Waals surface area contributed by atoms with E-state index in [0.717, 1.165) is 21.9 Å². The largest absolute Gasteiger partial charge is 0.374 e. The van der Waals surface area contributed by atoms with Gasteiger partial charge in [0.05, 0.1) is 17.5 Å². The highest BCUT2D eigenvalue weighted by molar-refractivity contribution is 8.01. The number of hydrogen-bond donors (Lipinski definition) is 1. The van der Waals surface area contributed by atoms with Gasteiger partial charge in [-0.3, -0.25) is 4.79 Å². The fraction of sp³-hybridized carbons (Fsp3) is 0.167. The number of rotatable bonds is 4. The summed E-state index contributed by atoms with van der Waals surface area (Å²) in [4.78, 5) is 16.2. The van der Waals surface area contributed by atoms with Crippen LogP contribution < -0.4 is 10.6 Å². The van der Waals surface area contributed by atoms with E-state index in [9.17, 15) is 4.79 Å². The Labute approximate surface area is 164 Å². The third kappa shape index (κ3) is 3.58. The van der Waals surface area contributed by atoms with E-state index in [-0.39, 0.29) is 11.9 Å². The van der Waals surface area contributed by atoms with Gasteiger partial charge in [0, 0.05) is 10.6 Å². The molecule has 132 valence electrons. The molecule has 0 saturated carbocycles. The molecule has 2 aromatic carbocycles. The van der Waals surface area contributed by atoms with E-state index in [0.29, 0.717) is 15.2 Å². The zero-order valence-electron chi connectivity index (χ0n) is 13.7. The fourth-order valence-electron chi connectivity index (χ4n) is 2.89. The smallest absolute Gasteiger partial charge is 0.238 e. The minimum absolute atomic E-state index is 0.0173. The lowest BCUT2D eigenvalue weighted by Crippen LogP contribution is -2.39. The number of carbonyl (C=O) groups excluding carboxylic acids is 1. The van der Waals surface area contributed by atoms with Crippen LogP contribution in [0.3, 0.4) is 0 Å². The van der Waals surface area contributed by atoms with Crippen LogP contribution in [-0.2, 0) is 4.79 Å². The van der Waals surface area contributed by atoms with Crippen molar-refractivity contribution in [3.05, 3.63) is 60.2 Å². The number of carbonyl (C=O) groups is 1. The quantitative estimate of drug-likeness (QED) is 0.665. The molecule has 0 radical (unpaired) electrons. The Morgan fingerprint density at radius 3 is 2.69 bits per heavy atom. The zero-order valence-corrected chi connectivity index (χ0v) is 16.2. The van der Waals surface area contributed by atoms with Gasteiger partial charge in [-0.1, -0.05) is 65.6 Å². The molecule has 8 heteroatoms. The third-order valence-corrected chi connectivity index (χ3v) is 7.04. The lowest BCUT2D eigenvalue weighted by molar-refractivity contribution is -0.116. The highest BCUT2D eigenvalue weighted by Crippen LogP contribution is 2.43. The number of benzene rings is 2. The van der Waals surface area contributed by atoms with Gasteiger partial charge < -0.3 is 10.6 Å². The van der Waals surface area contributed by atoms with Gasteiger partial charge in [0.2, 0.25) is 11.0 Å². The SMILES string of the molecule is Nc1nnc(SCC(=O)N2c3ccccc3SC[C@H]2c2ccccc2)s1. The predicted octanol–water partition coefficient (Wildman–Crippen LogP) is 4.09. The van der Waals surface area contributed by atoms with Gasteiger partial charge >= 0.3 is 0 Å². The summed E-state index contributed by atoms with van der Waals surface area (Å²) in [7, 11) is 0. The molecule has 1 aromatic heterocycles. The first kappa shape index (κ1) is 17.4. The molecule has 0 bridgehead atoms. The number of amides is 1. The van der Waals surface area contributed by atoms with Crippen molar-refractivity contribution in [3.8, 4) is 0 Å². The maximum Gasteiger partial charge on any atom is 0.238 e. The number of thioether (sulfide) groups is 2. The van der Waals surface area contributed by atoms with Crippen LogP contribution in [0.1, 0.15) is 11.6 Å². The Kier molecular flexibility index (Phi) is 5.14. The lowest BCUT2D eigenvalue weighted by atomic mass is 10.1. The Morgan fingerprint density at radius 2 is 1.92 bits per heavy atom. The van der Waals surface area contributed by atoms with Crippen molar-refractivity contribution < 1.29 is 4.79 Å². The summed E-state index contributed by atoms with van der Waals surface area (Å²) in [6.07, 6.45) is 0. The van der Waals surface area contributed by atoms with Crippen LogP contribution in [0.15, 0.2) is 63.8 Å². The Bertz CT molecular complexity index is 916. The molecule has 26 heavy (non-hydrogen) atoms. The molecule has 4 rings (SSSR count). The normalized spacial score (nSPS) is 16.3. The first-order chi connectivity index (χ1) is 12.7. The van der Waals surface area contributed by atoms with Gasteiger partial charge in [-0.15, -0.1) is 22.0 Å². The molecule has 2 N–H and O–H groups in total. The molecule has 0 fully saturated rings. The number of nitrogens with zero attached hydrogens (tertiary/aromatic N) is 3. The monoisotopic (exact) mass is 400 g/mol. The molecule has 3 aromatic rings. The second-order valence-electron chi connectivity index (χ2n) is 5.66. The summed E-state index contributed by atoms with van der Waals surface area (Å²) in [6, 6.07) is 18.3. The van der Waals surface area contributed by atoms with E-state index in [4.69, 9.17) is 5.73 Å². The van der Waals surface area contributed by atoms with Gasteiger partial charge in [-0.25, -0.2) is 0 Å². The summed E-state index contributed by atoms with van der Waals surface area (Å²) in [5, 5.41) is 8.21. The van der Waals surface area contributed by atoms with E-state index in [2.05, 4.69) is 28.4 Å². The van der Waals surface area contributed by atoms with Crippen molar-refractivity contribution in [2.45, 2.75) is 15.3 Å². The number of nitrogens with two attached hydrogens (primary N) is 1. The molecule has 1 aliphatic rings. The van der Waals surface area contributed by atoms with Gasteiger partial charge in [0.1, 0.15) is 0 Å². The van der Waals surface area contributed by atoms with Crippen molar-refractivity contribution in [1.82, 2.24) is 10.2 Å². The molecule has 2 heterocycles. The number of fused-ring (bicyclic) bond motifs is 1. The van der Waals surface area contributed by atoms with E-state index in [1.807, 2.05) is 41.3 Å². The minimum Gasteiger partial charge on any atom is -0.374 e. The molecule has 0 unspecified atom stereocenters. The first-order valence-corrected chi connectivity index (χ1v) is 10.8. The Morgan fingerprint density at radius 1 is 1.15 bits per heavy atom. The molecular formula is C18H16N4OS3. The van der Waals surface area contributed by atoms with Crippen LogP contribution in [0.5, 0.6) is 0 Å². The van der Waals surface area contributed by atoms with E-state index >= 15 is 0 Å². The second-order valence-corrected chi connectivity index (χ2v) is 8.96. The van der Waals surface area contributed by atoms with Crippen LogP contribution in [0, 0.1) is 0 Å². The fourth-order valence-corrected chi connectivity index (χ4v) is 5.55. The summed E-state index contributed by atoms with van der Waals surface area (Å²) in [6.45, 7) is 0. The standard InChI is InChI=1S/C18H16N4OS3/c19-17-20-21-18(26-17)25-11-16(23)22-13-8-4-5-9-15(13)24-10-14(22)12-6-2-1-3-7-12/h1-9,14H,10-11H2,(H2,19,20)/t14-/m0/s1. The summed E-state index contributed by atoms with van der Waals surface area (Å²) >= 11 is 4.48. The molecule has 1 atom stereocenters. The van der Waals surface area contributed by atoms with Crippen molar-refractivity contribution in [2.24, 2.45) is 0 Å². The molecule has 0 saturated heterocycles. The number of para-hydroxylation sites is 1. The van der Waals surface area contributed by atoms with Crippen molar-refractivity contribution in [3.63, 3.8) is 0 Å². The Balaban J connectivity index is 1.62. The number of aromatic nitrogens is 2. The molecule has 5 nitrogen and oxygen atoms in total. The molecule has 1 amide bonds. The molecule has 0 spiro atoms. The molecule has 1 aliphatic heterocycles. The topological polar surface area (TPSA) is 72.1 Å². The summed E-state index contributed by atoms with van der Waals surface area (Å²) in [5.41, 5.74) is 7.74. The lowest BCUT2D eigenvalue weighted by Gasteiger charge is -2.37. The second kappa shape index (κ2) is 7.69. The Hall–Kier alpha value is -2.03. The van der Waals surface area contributed by atoms with E-state index in [1.54, 1.807) is 11.8 Å². The van der Waals surface area contributed by atoms with Crippen molar-refractivity contribution >= 4 is 51.6 Å².